The van der Waals surface area contributed by atoms with Crippen LogP contribution in [-0.4, -0.2) is 56.1 Å². The lowest BCUT2D eigenvalue weighted by Gasteiger charge is -2.25. The highest BCUT2D eigenvalue weighted by Crippen LogP contribution is 2.33. The molecule has 0 saturated carbocycles. The lowest BCUT2D eigenvalue weighted by Crippen LogP contribution is -2.32. The predicted octanol–water partition coefficient (Wildman–Crippen LogP) is 6.77. The Kier molecular flexibility index (Phi) is 9.02. The van der Waals surface area contributed by atoms with E-state index in [0.29, 0.717) is 24.4 Å². The second kappa shape index (κ2) is 12.6. The Morgan fingerprint density at radius 3 is 2.16 bits per heavy atom. The van der Waals surface area contributed by atoms with E-state index in [2.05, 4.69) is 61.2 Å². The molecule has 4 aromatic carbocycles. The van der Waals surface area contributed by atoms with Crippen LogP contribution in [0.1, 0.15) is 42.6 Å². The standard InChI is InChI=1S/C32H38N2O3/c1-5-33(6-2)18-9-10-19-34(23-24-16-17-25-12-7-8-13-26(25)20-24)32(35)29-21-27-14-11-15-30(36-3)28(27)22-31(29)37-4/h7-8,11-17,20-22H,5-6,9-10,18-19,23H2,1-4H3. The fourth-order valence-electron chi connectivity index (χ4n) is 4.95. The smallest absolute Gasteiger partial charge is 0.257 e. The van der Waals surface area contributed by atoms with Gasteiger partial charge in [0.2, 0.25) is 0 Å². The molecule has 0 atom stereocenters. The quantitative estimate of drug-likeness (QED) is 0.202. The van der Waals surface area contributed by atoms with E-state index < -0.39 is 0 Å². The molecule has 0 saturated heterocycles. The Morgan fingerprint density at radius 1 is 0.730 bits per heavy atom. The summed E-state index contributed by atoms with van der Waals surface area (Å²) in [7, 11) is 3.27. The van der Waals surface area contributed by atoms with Gasteiger partial charge in [0.05, 0.1) is 19.8 Å². The van der Waals surface area contributed by atoms with Gasteiger partial charge in [0.15, 0.2) is 0 Å². The largest absolute Gasteiger partial charge is 0.496 e. The van der Waals surface area contributed by atoms with Gasteiger partial charge in [0.25, 0.3) is 5.91 Å². The van der Waals surface area contributed by atoms with Crippen LogP contribution in [0.4, 0.5) is 0 Å². The maximum atomic E-state index is 14.0. The van der Waals surface area contributed by atoms with Crippen LogP contribution in [0.3, 0.4) is 0 Å². The fourth-order valence-corrected chi connectivity index (χ4v) is 4.95. The van der Waals surface area contributed by atoms with Gasteiger partial charge in [-0.1, -0.05) is 62.4 Å². The average molecular weight is 499 g/mol. The lowest BCUT2D eigenvalue weighted by atomic mass is 10.0. The van der Waals surface area contributed by atoms with Gasteiger partial charge in [0, 0.05) is 18.5 Å². The van der Waals surface area contributed by atoms with Crippen molar-refractivity contribution in [3.63, 3.8) is 0 Å². The van der Waals surface area contributed by atoms with Gasteiger partial charge >= 0.3 is 0 Å². The first kappa shape index (κ1) is 26.5. The minimum atomic E-state index is -0.0161. The number of carbonyl (C=O) groups is 1. The van der Waals surface area contributed by atoms with E-state index in [1.165, 1.54) is 10.8 Å². The Hall–Kier alpha value is -3.57. The molecule has 0 unspecified atom stereocenters. The van der Waals surface area contributed by atoms with Gasteiger partial charge in [-0.2, -0.15) is 0 Å². The summed E-state index contributed by atoms with van der Waals surface area (Å²) in [5.41, 5.74) is 1.70. The maximum absolute atomic E-state index is 14.0. The lowest BCUT2D eigenvalue weighted by molar-refractivity contribution is 0.0735. The zero-order chi connectivity index (χ0) is 26.2. The van der Waals surface area contributed by atoms with Crippen molar-refractivity contribution in [1.29, 1.82) is 0 Å². The molecule has 4 rings (SSSR count). The van der Waals surface area contributed by atoms with E-state index in [0.717, 1.165) is 54.6 Å². The van der Waals surface area contributed by atoms with Gasteiger partial charge in [-0.3, -0.25) is 4.79 Å². The van der Waals surface area contributed by atoms with Crippen LogP contribution in [0, 0.1) is 0 Å². The van der Waals surface area contributed by atoms with Gasteiger partial charge in [-0.05, 0) is 78.5 Å². The zero-order valence-corrected chi connectivity index (χ0v) is 22.5. The molecule has 0 aliphatic rings. The summed E-state index contributed by atoms with van der Waals surface area (Å²) in [6, 6.07) is 24.5. The van der Waals surface area contributed by atoms with E-state index in [-0.39, 0.29) is 5.91 Å². The van der Waals surface area contributed by atoms with E-state index >= 15 is 0 Å². The number of ether oxygens (including phenoxy) is 2. The van der Waals surface area contributed by atoms with Crippen molar-refractivity contribution in [3.8, 4) is 11.5 Å². The van der Waals surface area contributed by atoms with Crippen LogP contribution in [0.5, 0.6) is 11.5 Å². The molecule has 0 fully saturated rings. The number of hydrogen-bond acceptors (Lipinski definition) is 4. The molecule has 1 amide bonds. The molecule has 0 bridgehead atoms. The summed E-state index contributed by atoms with van der Waals surface area (Å²) in [6.07, 6.45) is 1.99. The first-order valence-electron chi connectivity index (χ1n) is 13.2. The van der Waals surface area contributed by atoms with Gasteiger partial charge in [-0.25, -0.2) is 0 Å². The first-order chi connectivity index (χ1) is 18.1. The van der Waals surface area contributed by atoms with E-state index in [1.54, 1.807) is 14.2 Å². The number of methoxy groups -OCH3 is 2. The van der Waals surface area contributed by atoms with Crippen molar-refractivity contribution in [2.75, 3.05) is 40.4 Å². The third-order valence-electron chi connectivity index (χ3n) is 7.13. The van der Waals surface area contributed by atoms with Gasteiger partial charge in [0.1, 0.15) is 11.5 Å². The monoisotopic (exact) mass is 498 g/mol. The van der Waals surface area contributed by atoms with Crippen LogP contribution in [-0.2, 0) is 6.54 Å². The molecule has 0 aliphatic heterocycles. The number of nitrogens with zero attached hydrogens (tertiary/aromatic N) is 2. The summed E-state index contributed by atoms with van der Waals surface area (Å²) in [5.74, 6) is 1.31. The minimum Gasteiger partial charge on any atom is -0.496 e. The number of amides is 1. The highest BCUT2D eigenvalue weighted by atomic mass is 16.5. The highest BCUT2D eigenvalue weighted by Gasteiger charge is 2.22. The Labute approximate surface area is 220 Å². The van der Waals surface area contributed by atoms with Crippen molar-refractivity contribution in [3.05, 3.63) is 83.9 Å². The molecule has 37 heavy (non-hydrogen) atoms. The Morgan fingerprint density at radius 2 is 1.43 bits per heavy atom. The van der Waals surface area contributed by atoms with Crippen LogP contribution in [0.15, 0.2) is 72.8 Å². The van der Waals surface area contributed by atoms with Crippen molar-refractivity contribution < 1.29 is 14.3 Å². The van der Waals surface area contributed by atoms with Crippen molar-refractivity contribution >= 4 is 27.5 Å². The summed E-state index contributed by atoms with van der Waals surface area (Å²) in [6.45, 7) is 8.77. The second-order valence-electron chi connectivity index (χ2n) is 9.38. The van der Waals surface area contributed by atoms with Crippen LogP contribution >= 0.6 is 0 Å². The van der Waals surface area contributed by atoms with Crippen molar-refractivity contribution in [1.82, 2.24) is 9.80 Å². The third kappa shape index (κ3) is 6.23. The highest BCUT2D eigenvalue weighted by molar-refractivity contribution is 6.03. The van der Waals surface area contributed by atoms with Crippen LogP contribution < -0.4 is 9.47 Å². The van der Waals surface area contributed by atoms with E-state index in [1.807, 2.05) is 35.2 Å². The third-order valence-corrected chi connectivity index (χ3v) is 7.13. The maximum Gasteiger partial charge on any atom is 0.257 e. The molecular formula is C32H38N2O3. The molecular weight excluding hydrogens is 460 g/mol. The molecule has 0 radical (unpaired) electrons. The molecule has 0 spiro atoms. The number of carbonyl (C=O) groups excluding carboxylic acids is 1. The van der Waals surface area contributed by atoms with Gasteiger partial charge in [-0.15, -0.1) is 0 Å². The molecule has 5 nitrogen and oxygen atoms in total. The number of benzene rings is 4. The van der Waals surface area contributed by atoms with E-state index in [9.17, 15) is 4.79 Å². The summed E-state index contributed by atoms with van der Waals surface area (Å²) in [5, 5.41) is 4.27. The summed E-state index contributed by atoms with van der Waals surface area (Å²) >= 11 is 0. The zero-order valence-electron chi connectivity index (χ0n) is 22.5. The van der Waals surface area contributed by atoms with Crippen molar-refractivity contribution in [2.24, 2.45) is 0 Å². The molecule has 4 aromatic rings. The fraction of sp³-hybridized carbons (Fsp3) is 0.344. The van der Waals surface area contributed by atoms with Crippen LogP contribution in [0.25, 0.3) is 21.5 Å². The predicted molar refractivity (Wildman–Crippen MR) is 153 cm³/mol. The normalized spacial score (nSPS) is 11.3. The number of unbranched alkanes of at least 4 members (excludes halogenated alkanes) is 1. The molecule has 5 heteroatoms. The minimum absolute atomic E-state index is 0.0161. The summed E-state index contributed by atoms with van der Waals surface area (Å²) < 4.78 is 11.2. The van der Waals surface area contributed by atoms with E-state index in [4.69, 9.17) is 9.47 Å². The SMILES string of the molecule is CCN(CC)CCCCN(Cc1ccc2ccccc2c1)C(=O)c1cc2cccc(OC)c2cc1OC. The van der Waals surface area contributed by atoms with Gasteiger partial charge < -0.3 is 19.3 Å². The number of hydrogen-bond donors (Lipinski definition) is 0. The molecule has 194 valence electrons. The van der Waals surface area contributed by atoms with Crippen LogP contribution in [0.2, 0.25) is 0 Å². The molecule has 0 aromatic heterocycles. The first-order valence-corrected chi connectivity index (χ1v) is 13.2. The Balaban J connectivity index is 1.64. The molecule has 0 heterocycles. The summed E-state index contributed by atoms with van der Waals surface area (Å²) in [4.78, 5) is 18.4. The Bertz CT molecular complexity index is 1350. The molecule has 0 N–H and O–H groups in total. The number of fused-ring (bicyclic) bond motifs is 2. The topological polar surface area (TPSA) is 42.0 Å². The second-order valence-corrected chi connectivity index (χ2v) is 9.38. The average Bonchev–Trinajstić information content (AvgIpc) is 2.95. The molecule has 0 aliphatic carbocycles. The van der Waals surface area contributed by atoms with Crippen molar-refractivity contribution in [2.45, 2.75) is 33.2 Å². The number of rotatable bonds is 12.